The Hall–Kier alpha value is -0.863. The quantitative estimate of drug-likeness (QED) is 0.723. The third kappa shape index (κ3) is 2.13. The van der Waals surface area contributed by atoms with Gasteiger partial charge in [-0.25, -0.2) is 0 Å². The standard InChI is InChI=1S/C14H21NSi/c1-4-13-7-9-14(10-8-13)16(2,3)15-11-5-6-12-15/h4,7-10H,1,5-6,11-12H2,2-3H3. The first-order valence-corrected chi connectivity index (χ1v) is 9.07. The summed E-state index contributed by atoms with van der Waals surface area (Å²) >= 11 is 0. The molecule has 1 fully saturated rings. The van der Waals surface area contributed by atoms with E-state index in [1.807, 2.05) is 6.08 Å². The van der Waals surface area contributed by atoms with Gasteiger partial charge in [0.05, 0.1) is 0 Å². The third-order valence-electron chi connectivity index (χ3n) is 3.75. The van der Waals surface area contributed by atoms with Crippen molar-refractivity contribution in [3.05, 3.63) is 36.4 Å². The molecule has 0 aliphatic carbocycles. The molecule has 0 radical (unpaired) electrons. The molecule has 1 aromatic rings. The second kappa shape index (κ2) is 4.56. The van der Waals surface area contributed by atoms with Crippen molar-refractivity contribution in [1.82, 2.24) is 4.57 Å². The molecule has 1 heterocycles. The summed E-state index contributed by atoms with van der Waals surface area (Å²) in [4.78, 5) is 0. The summed E-state index contributed by atoms with van der Waals surface area (Å²) in [5.41, 5.74) is 1.22. The summed E-state index contributed by atoms with van der Waals surface area (Å²) in [5.74, 6) is 0. The van der Waals surface area contributed by atoms with Crippen LogP contribution < -0.4 is 5.19 Å². The molecule has 1 aliphatic heterocycles. The van der Waals surface area contributed by atoms with Gasteiger partial charge < -0.3 is 4.57 Å². The van der Waals surface area contributed by atoms with Crippen LogP contribution in [0.2, 0.25) is 13.1 Å². The van der Waals surface area contributed by atoms with Crippen LogP contribution in [-0.4, -0.2) is 25.9 Å². The van der Waals surface area contributed by atoms with E-state index in [-0.39, 0.29) is 0 Å². The third-order valence-corrected chi connectivity index (χ3v) is 7.52. The Labute approximate surface area is 99.9 Å². The van der Waals surface area contributed by atoms with E-state index in [4.69, 9.17) is 0 Å². The first kappa shape index (κ1) is 11.6. The fourth-order valence-corrected chi connectivity index (χ4v) is 5.27. The number of rotatable bonds is 3. The van der Waals surface area contributed by atoms with Crippen LogP contribution in [0.1, 0.15) is 18.4 Å². The zero-order valence-electron chi connectivity index (χ0n) is 10.4. The van der Waals surface area contributed by atoms with E-state index < -0.39 is 8.24 Å². The molecule has 1 saturated heterocycles. The lowest BCUT2D eigenvalue weighted by Crippen LogP contribution is -2.56. The molecule has 0 spiro atoms. The minimum absolute atomic E-state index is 1.22. The van der Waals surface area contributed by atoms with Gasteiger partial charge in [-0.1, -0.05) is 50.0 Å². The molecule has 0 amide bonds. The smallest absolute Gasteiger partial charge is 0.154 e. The fraction of sp³-hybridized carbons (Fsp3) is 0.429. The van der Waals surface area contributed by atoms with Gasteiger partial charge in [-0.05, 0) is 36.7 Å². The van der Waals surface area contributed by atoms with Crippen LogP contribution in [0.5, 0.6) is 0 Å². The van der Waals surface area contributed by atoms with Crippen molar-refractivity contribution in [2.24, 2.45) is 0 Å². The molecule has 0 unspecified atom stereocenters. The molecule has 0 atom stereocenters. The van der Waals surface area contributed by atoms with Gasteiger partial charge in [-0.3, -0.25) is 0 Å². The average Bonchev–Trinajstić information content (AvgIpc) is 2.83. The van der Waals surface area contributed by atoms with Crippen molar-refractivity contribution in [3.8, 4) is 0 Å². The topological polar surface area (TPSA) is 3.24 Å². The summed E-state index contributed by atoms with van der Waals surface area (Å²) in [6.07, 6.45) is 4.66. The lowest BCUT2D eigenvalue weighted by atomic mass is 10.2. The minimum Gasteiger partial charge on any atom is -0.320 e. The molecular weight excluding hydrogens is 210 g/mol. The highest BCUT2D eigenvalue weighted by atomic mass is 28.3. The summed E-state index contributed by atoms with van der Waals surface area (Å²) in [5, 5.41) is 1.54. The Balaban J connectivity index is 2.23. The average molecular weight is 231 g/mol. The van der Waals surface area contributed by atoms with Crippen LogP contribution in [0.3, 0.4) is 0 Å². The van der Waals surface area contributed by atoms with Crippen LogP contribution in [0.25, 0.3) is 6.08 Å². The first-order chi connectivity index (χ1) is 7.64. The molecule has 0 aromatic heterocycles. The van der Waals surface area contributed by atoms with E-state index in [1.54, 1.807) is 5.19 Å². The minimum atomic E-state index is -1.38. The van der Waals surface area contributed by atoms with Gasteiger partial charge in [0, 0.05) is 0 Å². The van der Waals surface area contributed by atoms with Gasteiger partial charge in [0.25, 0.3) is 0 Å². The van der Waals surface area contributed by atoms with Crippen LogP contribution in [-0.2, 0) is 0 Å². The molecule has 0 N–H and O–H groups in total. The predicted octanol–water partition coefficient (Wildman–Crippen LogP) is 2.84. The summed E-state index contributed by atoms with van der Waals surface area (Å²) in [7, 11) is -1.38. The van der Waals surface area contributed by atoms with Gasteiger partial charge in [-0.15, -0.1) is 0 Å². The zero-order valence-corrected chi connectivity index (χ0v) is 11.4. The van der Waals surface area contributed by atoms with Gasteiger partial charge in [0.2, 0.25) is 0 Å². The highest BCUT2D eigenvalue weighted by Crippen LogP contribution is 2.18. The summed E-state index contributed by atoms with van der Waals surface area (Å²) in [6, 6.07) is 8.96. The van der Waals surface area contributed by atoms with E-state index in [2.05, 4.69) is 48.5 Å². The molecule has 2 heteroatoms. The molecule has 1 nitrogen and oxygen atoms in total. The van der Waals surface area contributed by atoms with Crippen molar-refractivity contribution in [3.63, 3.8) is 0 Å². The summed E-state index contributed by atoms with van der Waals surface area (Å²) < 4.78 is 2.72. The van der Waals surface area contributed by atoms with Crippen molar-refractivity contribution in [1.29, 1.82) is 0 Å². The largest absolute Gasteiger partial charge is 0.320 e. The van der Waals surface area contributed by atoms with Crippen LogP contribution in [0.4, 0.5) is 0 Å². The molecular formula is C14H21NSi. The maximum Gasteiger partial charge on any atom is 0.154 e. The predicted molar refractivity (Wildman–Crippen MR) is 74.5 cm³/mol. The normalized spacial score (nSPS) is 17.6. The molecule has 0 bridgehead atoms. The van der Waals surface area contributed by atoms with Crippen molar-refractivity contribution < 1.29 is 0 Å². The van der Waals surface area contributed by atoms with Gasteiger partial charge in [0.15, 0.2) is 8.24 Å². The van der Waals surface area contributed by atoms with E-state index in [0.717, 1.165) is 0 Å². The van der Waals surface area contributed by atoms with E-state index in [0.29, 0.717) is 0 Å². The number of nitrogens with zero attached hydrogens (tertiary/aromatic N) is 1. The molecule has 1 aromatic carbocycles. The highest BCUT2D eigenvalue weighted by molar-refractivity contribution is 6.87. The molecule has 86 valence electrons. The number of hydrogen-bond acceptors (Lipinski definition) is 1. The maximum atomic E-state index is 3.80. The molecule has 0 saturated carbocycles. The lowest BCUT2D eigenvalue weighted by molar-refractivity contribution is 0.529. The fourth-order valence-electron chi connectivity index (χ4n) is 2.49. The van der Waals surface area contributed by atoms with Crippen molar-refractivity contribution in [2.75, 3.05) is 13.1 Å². The Morgan fingerprint density at radius 3 is 2.19 bits per heavy atom. The van der Waals surface area contributed by atoms with Crippen LogP contribution in [0.15, 0.2) is 30.8 Å². The monoisotopic (exact) mass is 231 g/mol. The second-order valence-electron chi connectivity index (χ2n) is 5.08. The van der Waals surface area contributed by atoms with Gasteiger partial charge in [0.1, 0.15) is 0 Å². The van der Waals surface area contributed by atoms with Gasteiger partial charge >= 0.3 is 0 Å². The van der Waals surface area contributed by atoms with Crippen molar-refractivity contribution in [2.45, 2.75) is 25.9 Å². The van der Waals surface area contributed by atoms with Crippen molar-refractivity contribution >= 4 is 19.5 Å². The number of benzene rings is 1. The molecule has 1 aliphatic rings. The summed E-state index contributed by atoms with van der Waals surface area (Å²) in [6.45, 7) is 11.3. The lowest BCUT2D eigenvalue weighted by Gasteiger charge is -2.33. The number of hydrogen-bond donors (Lipinski definition) is 0. The Morgan fingerprint density at radius 2 is 1.69 bits per heavy atom. The first-order valence-electron chi connectivity index (χ1n) is 6.12. The van der Waals surface area contributed by atoms with E-state index >= 15 is 0 Å². The maximum absolute atomic E-state index is 3.80. The van der Waals surface area contributed by atoms with E-state index in [9.17, 15) is 0 Å². The second-order valence-corrected chi connectivity index (χ2v) is 9.41. The molecule has 16 heavy (non-hydrogen) atoms. The Kier molecular flexibility index (Phi) is 3.31. The van der Waals surface area contributed by atoms with Crippen LogP contribution in [0, 0.1) is 0 Å². The molecule has 2 rings (SSSR count). The zero-order chi connectivity index (χ0) is 11.6. The highest BCUT2D eigenvalue weighted by Gasteiger charge is 2.32. The van der Waals surface area contributed by atoms with E-state index in [1.165, 1.54) is 31.5 Å². The SMILES string of the molecule is C=Cc1ccc([Si](C)(C)N2CCCC2)cc1. The Morgan fingerprint density at radius 1 is 1.12 bits per heavy atom. The Bertz CT molecular complexity index is 361. The van der Waals surface area contributed by atoms with Gasteiger partial charge in [-0.2, -0.15) is 0 Å². The van der Waals surface area contributed by atoms with Crippen LogP contribution >= 0.6 is 0 Å².